The minimum atomic E-state index is -0.706. The molecule has 6 atom stereocenters. The van der Waals surface area contributed by atoms with Crippen LogP contribution >= 0.6 is 0 Å². The highest BCUT2D eigenvalue weighted by atomic mass is 16.6. The number of carbonyl (C=O) groups is 2. The van der Waals surface area contributed by atoms with Gasteiger partial charge in [-0.1, -0.05) is 20.8 Å². The first-order chi connectivity index (χ1) is 10.8. The second kappa shape index (κ2) is 4.92. The first-order valence-corrected chi connectivity index (χ1v) is 8.91. The third-order valence-corrected chi connectivity index (χ3v) is 7.17. The van der Waals surface area contributed by atoms with Gasteiger partial charge < -0.3 is 9.47 Å². The van der Waals surface area contributed by atoms with E-state index < -0.39 is 5.60 Å². The van der Waals surface area contributed by atoms with Gasteiger partial charge in [0.2, 0.25) is 0 Å². The van der Waals surface area contributed by atoms with E-state index >= 15 is 0 Å². The minimum absolute atomic E-state index is 0.173. The lowest BCUT2D eigenvalue weighted by Gasteiger charge is -2.62. The van der Waals surface area contributed by atoms with Gasteiger partial charge in [0.15, 0.2) is 5.60 Å². The maximum atomic E-state index is 11.9. The van der Waals surface area contributed by atoms with Crippen LogP contribution in [0.1, 0.15) is 52.9 Å². The number of ether oxygens (including phenoxy) is 2. The van der Waals surface area contributed by atoms with Crippen molar-refractivity contribution in [2.45, 2.75) is 70.7 Å². The average Bonchev–Trinajstić information content (AvgIpc) is 2.87. The molecule has 126 valence electrons. The van der Waals surface area contributed by atoms with Crippen LogP contribution in [0.3, 0.4) is 0 Å². The summed E-state index contributed by atoms with van der Waals surface area (Å²) in [4.78, 5) is 23.5. The molecule has 5 aliphatic rings. The number of fused-ring (bicyclic) bond motifs is 2. The predicted octanol–water partition coefficient (Wildman–Crippen LogP) is 3.05. The summed E-state index contributed by atoms with van der Waals surface area (Å²) in [6.07, 6.45) is 6.91. The summed E-state index contributed by atoms with van der Waals surface area (Å²) in [6, 6.07) is 0. The molecule has 4 aliphatic carbocycles. The van der Waals surface area contributed by atoms with E-state index in [0.717, 1.165) is 6.42 Å². The molecule has 2 bridgehead atoms. The third-order valence-electron chi connectivity index (χ3n) is 7.17. The van der Waals surface area contributed by atoms with Gasteiger partial charge in [0, 0.05) is 25.3 Å². The molecule has 0 unspecified atom stereocenters. The predicted molar refractivity (Wildman–Crippen MR) is 84.6 cm³/mol. The van der Waals surface area contributed by atoms with Crippen molar-refractivity contribution in [1.82, 2.24) is 0 Å². The summed E-state index contributed by atoms with van der Waals surface area (Å²) in [5.41, 5.74) is -0.291. The number of ketones is 1. The fourth-order valence-electron chi connectivity index (χ4n) is 5.41. The molecular weight excluding hydrogens is 292 g/mol. The topological polar surface area (TPSA) is 52.6 Å². The summed E-state index contributed by atoms with van der Waals surface area (Å²) in [5.74, 6) is 1.80. The van der Waals surface area contributed by atoms with Crippen LogP contribution in [-0.4, -0.2) is 29.6 Å². The monoisotopic (exact) mass is 318 g/mol. The number of Topliss-reactive ketones (excluding diaryl/α,β-unsaturated/α-hetero) is 1. The molecule has 0 aromatic carbocycles. The molecule has 0 aromatic heterocycles. The Morgan fingerprint density at radius 1 is 1.26 bits per heavy atom. The Morgan fingerprint density at radius 2 is 2.04 bits per heavy atom. The molecule has 0 aromatic rings. The Balaban J connectivity index is 1.52. The van der Waals surface area contributed by atoms with Crippen molar-refractivity contribution in [2.24, 2.45) is 23.2 Å². The van der Waals surface area contributed by atoms with Gasteiger partial charge in [0.25, 0.3) is 0 Å². The first kappa shape index (κ1) is 15.4. The fraction of sp³-hybridized carbons (Fsp3) is 0.789. The molecule has 4 heteroatoms. The zero-order chi connectivity index (χ0) is 16.4. The Kier molecular flexibility index (Phi) is 3.29. The van der Waals surface area contributed by atoms with Crippen LogP contribution in [0.4, 0.5) is 0 Å². The van der Waals surface area contributed by atoms with Crippen LogP contribution in [0.15, 0.2) is 12.2 Å². The standard InChI is InChI=1S/C19H26O4/c1-11-14-8-12(18(14,2)3)9-15(11)22-16-10-13(20)4-6-19(16)7-5-17(21)23-19/h5,7,11-12,14-16H,4,6,8-10H2,1-3H3/t11-,12+,14-,15-,16+,19+/m0/s1. The van der Waals surface area contributed by atoms with Gasteiger partial charge in [0.05, 0.1) is 6.10 Å². The van der Waals surface area contributed by atoms with Gasteiger partial charge in [-0.2, -0.15) is 0 Å². The SMILES string of the molecule is C[C@@H]1[C@@H](O[C@@H]2CC(=O)CC[C@@]23C=CC(=O)O3)C[C@H]2C[C@@H]1C2(C)C. The van der Waals surface area contributed by atoms with Gasteiger partial charge in [0.1, 0.15) is 11.9 Å². The highest BCUT2D eigenvalue weighted by molar-refractivity contribution is 5.87. The number of rotatable bonds is 2. The smallest absolute Gasteiger partial charge is 0.331 e. The number of carbonyl (C=O) groups excluding carboxylic acids is 2. The maximum absolute atomic E-state index is 11.9. The Bertz CT molecular complexity index is 578. The fourth-order valence-corrected chi connectivity index (χ4v) is 5.41. The van der Waals surface area contributed by atoms with Gasteiger partial charge in [-0.05, 0) is 42.1 Å². The molecule has 0 radical (unpaired) electrons. The molecule has 1 aliphatic heterocycles. The Hall–Kier alpha value is -1.16. The maximum Gasteiger partial charge on any atom is 0.331 e. The quantitative estimate of drug-likeness (QED) is 0.734. The molecule has 4 fully saturated rings. The highest BCUT2D eigenvalue weighted by Crippen LogP contribution is 2.62. The number of hydrogen-bond donors (Lipinski definition) is 0. The lowest BCUT2D eigenvalue weighted by molar-refractivity contribution is -0.216. The van der Waals surface area contributed by atoms with Crippen molar-refractivity contribution >= 4 is 11.8 Å². The van der Waals surface area contributed by atoms with Crippen LogP contribution in [-0.2, 0) is 19.1 Å². The second-order valence-corrected chi connectivity index (χ2v) is 8.57. The van der Waals surface area contributed by atoms with Crippen LogP contribution in [0.5, 0.6) is 0 Å². The van der Waals surface area contributed by atoms with E-state index in [0.29, 0.717) is 42.4 Å². The van der Waals surface area contributed by atoms with Crippen LogP contribution < -0.4 is 0 Å². The van der Waals surface area contributed by atoms with E-state index in [2.05, 4.69) is 20.8 Å². The normalized spacial score (nSPS) is 47.5. The van der Waals surface area contributed by atoms with E-state index in [1.807, 2.05) is 6.08 Å². The van der Waals surface area contributed by atoms with Crippen molar-refractivity contribution < 1.29 is 19.1 Å². The van der Waals surface area contributed by atoms with Crippen LogP contribution in [0.25, 0.3) is 0 Å². The summed E-state index contributed by atoms with van der Waals surface area (Å²) in [6.45, 7) is 7.01. The summed E-state index contributed by atoms with van der Waals surface area (Å²) < 4.78 is 12.0. The van der Waals surface area contributed by atoms with Gasteiger partial charge in [-0.25, -0.2) is 4.79 Å². The van der Waals surface area contributed by atoms with Crippen molar-refractivity contribution in [1.29, 1.82) is 0 Å². The largest absolute Gasteiger partial charge is 0.449 e. The number of esters is 1. The molecule has 0 N–H and O–H groups in total. The van der Waals surface area contributed by atoms with E-state index in [1.54, 1.807) is 0 Å². The van der Waals surface area contributed by atoms with E-state index in [9.17, 15) is 9.59 Å². The average molecular weight is 318 g/mol. The molecule has 0 saturated heterocycles. The van der Waals surface area contributed by atoms with Crippen molar-refractivity contribution in [3.05, 3.63) is 12.2 Å². The summed E-state index contributed by atoms with van der Waals surface area (Å²) in [5, 5.41) is 0. The number of hydrogen-bond acceptors (Lipinski definition) is 4. The Labute approximate surface area is 137 Å². The van der Waals surface area contributed by atoms with E-state index in [-0.39, 0.29) is 24.0 Å². The second-order valence-electron chi connectivity index (χ2n) is 8.57. The Morgan fingerprint density at radius 3 is 2.65 bits per heavy atom. The van der Waals surface area contributed by atoms with Crippen LogP contribution in [0.2, 0.25) is 0 Å². The minimum Gasteiger partial charge on any atom is -0.449 e. The molecule has 1 heterocycles. The molecule has 5 rings (SSSR count). The molecular formula is C19H26O4. The van der Waals surface area contributed by atoms with E-state index in [4.69, 9.17) is 9.47 Å². The summed E-state index contributed by atoms with van der Waals surface area (Å²) in [7, 11) is 0. The molecule has 4 nitrogen and oxygen atoms in total. The molecule has 23 heavy (non-hydrogen) atoms. The van der Waals surface area contributed by atoms with Crippen molar-refractivity contribution in [3.8, 4) is 0 Å². The molecule has 1 spiro atoms. The van der Waals surface area contributed by atoms with E-state index in [1.165, 1.54) is 12.5 Å². The lowest BCUT2D eigenvalue weighted by Crippen LogP contribution is -2.59. The zero-order valence-electron chi connectivity index (χ0n) is 14.2. The van der Waals surface area contributed by atoms with Crippen molar-refractivity contribution in [3.63, 3.8) is 0 Å². The van der Waals surface area contributed by atoms with Crippen LogP contribution in [0, 0.1) is 23.2 Å². The third kappa shape index (κ3) is 2.21. The lowest BCUT2D eigenvalue weighted by atomic mass is 9.45. The van der Waals surface area contributed by atoms with Gasteiger partial charge >= 0.3 is 5.97 Å². The molecule has 4 saturated carbocycles. The van der Waals surface area contributed by atoms with Gasteiger partial charge in [-0.3, -0.25) is 4.79 Å². The summed E-state index contributed by atoms with van der Waals surface area (Å²) >= 11 is 0. The van der Waals surface area contributed by atoms with Crippen molar-refractivity contribution in [2.75, 3.05) is 0 Å². The first-order valence-electron chi connectivity index (χ1n) is 8.91. The zero-order valence-corrected chi connectivity index (χ0v) is 14.2. The molecule has 0 amide bonds. The highest BCUT2D eigenvalue weighted by Gasteiger charge is 2.58. The van der Waals surface area contributed by atoms with Gasteiger partial charge in [-0.15, -0.1) is 0 Å².